The fourth-order valence-corrected chi connectivity index (χ4v) is 2.54. The number of rotatable bonds is 8. The first-order valence-corrected chi connectivity index (χ1v) is 7.03. The maximum atomic E-state index is 4.46. The molecule has 0 saturated heterocycles. The van der Waals surface area contributed by atoms with Crippen LogP contribution in [0.4, 0.5) is 5.13 Å². The molecule has 1 heterocycles. The highest BCUT2D eigenvalue weighted by Gasteiger charge is 2.06. The van der Waals surface area contributed by atoms with Crippen LogP contribution in [-0.4, -0.2) is 24.6 Å². The molecule has 1 aromatic rings. The van der Waals surface area contributed by atoms with Crippen LogP contribution in [0.5, 0.6) is 0 Å². The molecule has 4 heteroatoms. The van der Waals surface area contributed by atoms with Gasteiger partial charge in [-0.2, -0.15) is 0 Å². The lowest BCUT2D eigenvalue weighted by atomic mass is 10.3. The van der Waals surface area contributed by atoms with Crippen LogP contribution in [0, 0.1) is 0 Å². The van der Waals surface area contributed by atoms with Gasteiger partial charge in [0.05, 0.1) is 0 Å². The van der Waals surface area contributed by atoms with E-state index in [1.54, 1.807) is 11.3 Å². The Morgan fingerprint density at radius 3 is 2.69 bits per heavy atom. The molecule has 0 amide bonds. The summed E-state index contributed by atoms with van der Waals surface area (Å²) in [6.07, 6.45) is 4.50. The summed E-state index contributed by atoms with van der Waals surface area (Å²) in [7, 11) is 0. The monoisotopic (exact) mass is 241 g/mol. The summed E-state index contributed by atoms with van der Waals surface area (Å²) in [5, 5.41) is 4.59. The van der Waals surface area contributed by atoms with Crippen LogP contribution in [0.3, 0.4) is 0 Å². The second-order valence-corrected chi connectivity index (χ2v) is 4.91. The molecule has 0 saturated carbocycles. The highest BCUT2D eigenvalue weighted by molar-refractivity contribution is 7.15. The fraction of sp³-hybridized carbons (Fsp3) is 0.750. The molecule has 0 aliphatic rings. The number of thiazole rings is 1. The second-order valence-electron chi connectivity index (χ2n) is 3.81. The van der Waals surface area contributed by atoms with Crippen LogP contribution in [0.2, 0.25) is 0 Å². The van der Waals surface area contributed by atoms with Crippen molar-refractivity contribution in [2.24, 2.45) is 0 Å². The van der Waals surface area contributed by atoms with Gasteiger partial charge in [0.2, 0.25) is 0 Å². The average Bonchev–Trinajstić information content (AvgIpc) is 2.75. The van der Waals surface area contributed by atoms with Gasteiger partial charge < -0.3 is 10.2 Å². The SMILES string of the molecule is CCCCNCc1cnc(N(CC)CC)s1. The van der Waals surface area contributed by atoms with Crippen LogP contribution in [0.1, 0.15) is 38.5 Å². The number of nitrogens with one attached hydrogen (secondary N) is 1. The van der Waals surface area contributed by atoms with E-state index in [0.29, 0.717) is 0 Å². The summed E-state index contributed by atoms with van der Waals surface area (Å²) in [4.78, 5) is 8.08. The van der Waals surface area contributed by atoms with Crippen molar-refractivity contribution >= 4 is 16.5 Å². The Hall–Kier alpha value is -0.610. The third kappa shape index (κ3) is 4.10. The van der Waals surface area contributed by atoms with Crippen molar-refractivity contribution in [3.63, 3.8) is 0 Å². The normalized spacial score (nSPS) is 10.7. The quantitative estimate of drug-likeness (QED) is 0.709. The van der Waals surface area contributed by atoms with E-state index in [2.05, 4.69) is 36.0 Å². The van der Waals surface area contributed by atoms with Crippen LogP contribution < -0.4 is 10.2 Å². The number of nitrogens with zero attached hydrogens (tertiary/aromatic N) is 2. The zero-order valence-electron chi connectivity index (χ0n) is 10.6. The number of anilines is 1. The van der Waals surface area contributed by atoms with Crippen molar-refractivity contribution in [2.75, 3.05) is 24.5 Å². The molecular weight excluding hydrogens is 218 g/mol. The van der Waals surface area contributed by atoms with Crippen LogP contribution >= 0.6 is 11.3 Å². The molecule has 0 aliphatic carbocycles. The lowest BCUT2D eigenvalue weighted by Crippen LogP contribution is -2.21. The zero-order chi connectivity index (χ0) is 11.8. The van der Waals surface area contributed by atoms with E-state index in [1.807, 2.05) is 6.20 Å². The Kier molecular flexibility index (Phi) is 6.42. The van der Waals surface area contributed by atoms with Crippen molar-refractivity contribution in [3.05, 3.63) is 11.1 Å². The molecule has 1 rings (SSSR count). The highest BCUT2D eigenvalue weighted by atomic mass is 32.1. The molecule has 92 valence electrons. The highest BCUT2D eigenvalue weighted by Crippen LogP contribution is 2.21. The summed E-state index contributed by atoms with van der Waals surface area (Å²) in [5.74, 6) is 0. The molecule has 0 atom stereocenters. The van der Waals surface area contributed by atoms with Gasteiger partial charge in [0.25, 0.3) is 0 Å². The summed E-state index contributed by atoms with van der Waals surface area (Å²) in [6.45, 7) is 10.7. The van der Waals surface area contributed by atoms with E-state index in [4.69, 9.17) is 0 Å². The largest absolute Gasteiger partial charge is 0.349 e. The van der Waals surface area contributed by atoms with Gasteiger partial charge in [-0.05, 0) is 26.8 Å². The second kappa shape index (κ2) is 7.63. The average molecular weight is 241 g/mol. The minimum absolute atomic E-state index is 0.957. The van der Waals surface area contributed by atoms with Gasteiger partial charge in [-0.15, -0.1) is 11.3 Å². The van der Waals surface area contributed by atoms with Gasteiger partial charge in [0.15, 0.2) is 5.13 Å². The molecule has 0 aromatic carbocycles. The Bertz CT molecular complexity index is 282. The van der Waals surface area contributed by atoms with E-state index in [0.717, 1.165) is 31.3 Å². The fourth-order valence-electron chi connectivity index (χ4n) is 1.53. The first kappa shape index (κ1) is 13.5. The lowest BCUT2D eigenvalue weighted by molar-refractivity contribution is 0.645. The number of hydrogen-bond acceptors (Lipinski definition) is 4. The molecule has 3 nitrogen and oxygen atoms in total. The molecule has 0 unspecified atom stereocenters. The van der Waals surface area contributed by atoms with Crippen LogP contribution in [0.15, 0.2) is 6.20 Å². The Morgan fingerprint density at radius 1 is 1.31 bits per heavy atom. The van der Waals surface area contributed by atoms with Crippen molar-refractivity contribution in [3.8, 4) is 0 Å². The minimum Gasteiger partial charge on any atom is -0.349 e. The zero-order valence-corrected chi connectivity index (χ0v) is 11.4. The van der Waals surface area contributed by atoms with Gasteiger partial charge in [-0.25, -0.2) is 4.98 Å². The predicted molar refractivity (Wildman–Crippen MR) is 72.3 cm³/mol. The molecule has 0 fully saturated rings. The molecular formula is C12H23N3S. The predicted octanol–water partition coefficient (Wildman–Crippen LogP) is 2.88. The van der Waals surface area contributed by atoms with Crippen molar-refractivity contribution in [2.45, 2.75) is 40.2 Å². The lowest BCUT2D eigenvalue weighted by Gasteiger charge is -2.16. The summed E-state index contributed by atoms with van der Waals surface area (Å²) in [6, 6.07) is 0. The molecule has 1 N–H and O–H groups in total. The van der Waals surface area contributed by atoms with E-state index in [1.165, 1.54) is 17.7 Å². The molecule has 0 spiro atoms. The Labute approximate surface area is 103 Å². The maximum absolute atomic E-state index is 4.46. The summed E-state index contributed by atoms with van der Waals surface area (Å²) < 4.78 is 0. The van der Waals surface area contributed by atoms with Crippen molar-refractivity contribution < 1.29 is 0 Å². The van der Waals surface area contributed by atoms with Gasteiger partial charge in [-0.3, -0.25) is 0 Å². The van der Waals surface area contributed by atoms with E-state index in [9.17, 15) is 0 Å². The first-order chi connectivity index (χ1) is 7.81. The molecule has 0 radical (unpaired) electrons. The van der Waals surface area contributed by atoms with Gasteiger partial charge in [0, 0.05) is 30.7 Å². The topological polar surface area (TPSA) is 28.2 Å². The Morgan fingerprint density at radius 2 is 2.06 bits per heavy atom. The van der Waals surface area contributed by atoms with Crippen LogP contribution in [0.25, 0.3) is 0 Å². The third-order valence-electron chi connectivity index (χ3n) is 2.58. The van der Waals surface area contributed by atoms with Gasteiger partial charge in [-0.1, -0.05) is 13.3 Å². The minimum atomic E-state index is 0.957. The standard InChI is InChI=1S/C12H23N3S/c1-4-7-8-13-9-11-10-14-12(16-11)15(5-2)6-3/h10,13H,4-9H2,1-3H3. The number of aromatic nitrogens is 1. The van der Waals surface area contributed by atoms with E-state index in [-0.39, 0.29) is 0 Å². The van der Waals surface area contributed by atoms with Gasteiger partial charge in [0.1, 0.15) is 0 Å². The Balaban J connectivity index is 2.38. The van der Waals surface area contributed by atoms with Crippen LogP contribution in [-0.2, 0) is 6.54 Å². The molecule has 1 aromatic heterocycles. The first-order valence-electron chi connectivity index (χ1n) is 6.22. The maximum Gasteiger partial charge on any atom is 0.185 e. The van der Waals surface area contributed by atoms with E-state index >= 15 is 0 Å². The molecule has 0 bridgehead atoms. The summed E-state index contributed by atoms with van der Waals surface area (Å²) >= 11 is 1.80. The smallest absolute Gasteiger partial charge is 0.185 e. The molecule has 16 heavy (non-hydrogen) atoms. The van der Waals surface area contributed by atoms with Crippen molar-refractivity contribution in [1.82, 2.24) is 10.3 Å². The number of hydrogen-bond donors (Lipinski definition) is 1. The molecule has 0 aliphatic heterocycles. The summed E-state index contributed by atoms with van der Waals surface area (Å²) in [5.41, 5.74) is 0. The number of unbranched alkanes of at least 4 members (excludes halogenated alkanes) is 1. The van der Waals surface area contributed by atoms with Gasteiger partial charge >= 0.3 is 0 Å². The third-order valence-corrected chi connectivity index (χ3v) is 3.64. The van der Waals surface area contributed by atoms with E-state index < -0.39 is 0 Å². The van der Waals surface area contributed by atoms with Crippen molar-refractivity contribution in [1.29, 1.82) is 0 Å².